The van der Waals surface area contributed by atoms with Gasteiger partial charge < -0.3 is 9.30 Å². The molecule has 0 saturated heterocycles. The van der Waals surface area contributed by atoms with Crippen LogP contribution in [0.1, 0.15) is 31.9 Å². The van der Waals surface area contributed by atoms with Crippen LogP contribution in [0, 0.1) is 0 Å². The van der Waals surface area contributed by atoms with E-state index < -0.39 is 0 Å². The Hall–Kier alpha value is -3.67. The first-order valence-corrected chi connectivity index (χ1v) is 9.82. The second-order valence-electron chi connectivity index (χ2n) is 7.33. The summed E-state index contributed by atoms with van der Waals surface area (Å²) in [6, 6.07) is 17.3. The Morgan fingerprint density at radius 2 is 1.83 bits per heavy atom. The summed E-state index contributed by atoms with van der Waals surface area (Å²) in [7, 11) is 1.39. The fraction of sp³-hybridized carbons (Fsp3) is 0.208. The zero-order valence-electron chi connectivity index (χ0n) is 17.2. The molecule has 3 aromatic rings. The van der Waals surface area contributed by atoms with Crippen LogP contribution in [0.2, 0.25) is 0 Å². The summed E-state index contributed by atoms with van der Waals surface area (Å²) in [5, 5.41) is 6.90. The van der Waals surface area contributed by atoms with Crippen molar-refractivity contribution in [2.45, 2.75) is 26.3 Å². The summed E-state index contributed by atoms with van der Waals surface area (Å²) in [5.74, 6) is -0.411. The molecule has 0 saturated carbocycles. The molecule has 30 heavy (non-hydrogen) atoms. The number of fused-ring (bicyclic) bond motifs is 1. The normalized spacial score (nSPS) is 16.2. The van der Waals surface area contributed by atoms with E-state index in [9.17, 15) is 9.59 Å². The van der Waals surface area contributed by atoms with Crippen LogP contribution in [0.5, 0.6) is 0 Å². The van der Waals surface area contributed by atoms with Gasteiger partial charge in [-0.05, 0) is 38.1 Å². The lowest BCUT2D eigenvalue weighted by Gasteiger charge is -2.13. The molecule has 152 valence electrons. The van der Waals surface area contributed by atoms with Crippen molar-refractivity contribution in [1.82, 2.24) is 4.57 Å². The van der Waals surface area contributed by atoms with E-state index in [-0.39, 0.29) is 24.3 Å². The number of hydrogen-bond acceptors (Lipinski definition) is 4. The number of hydrazone groups is 1. The van der Waals surface area contributed by atoms with Crippen molar-refractivity contribution in [3.05, 3.63) is 71.9 Å². The van der Waals surface area contributed by atoms with Gasteiger partial charge in [-0.25, -0.2) is 0 Å². The smallest absolute Gasteiger partial charge is 0.307 e. The van der Waals surface area contributed by atoms with Gasteiger partial charge in [0, 0.05) is 28.7 Å². The predicted molar refractivity (Wildman–Crippen MR) is 118 cm³/mol. The lowest BCUT2D eigenvalue weighted by atomic mass is 10.1. The minimum Gasteiger partial charge on any atom is -0.469 e. The van der Waals surface area contributed by atoms with Crippen LogP contribution < -0.4 is 5.01 Å². The number of amides is 1. The number of hydrogen-bond donors (Lipinski definition) is 0. The first-order chi connectivity index (χ1) is 14.5. The zero-order valence-corrected chi connectivity index (χ0v) is 17.2. The Balaban J connectivity index is 1.74. The first-order valence-electron chi connectivity index (χ1n) is 9.82. The third kappa shape index (κ3) is 3.52. The summed E-state index contributed by atoms with van der Waals surface area (Å²) >= 11 is 0. The molecule has 6 nitrogen and oxygen atoms in total. The maximum atomic E-state index is 13.1. The molecule has 1 atom stereocenters. The number of aromatic nitrogens is 1. The van der Waals surface area contributed by atoms with Gasteiger partial charge in [0.05, 0.1) is 30.5 Å². The van der Waals surface area contributed by atoms with Gasteiger partial charge in [0.1, 0.15) is 0 Å². The second kappa shape index (κ2) is 7.99. The van der Waals surface area contributed by atoms with E-state index in [1.54, 1.807) is 0 Å². The summed E-state index contributed by atoms with van der Waals surface area (Å²) in [6.07, 6.45) is 4.14. The molecule has 1 aliphatic rings. The van der Waals surface area contributed by atoms with E-state index in [0.29, 0.717) is 11.3 Å². The number of ether oxygens (including phenoxy) is 1. The lowest BCUT2D eigenvalue weighted by Crippen LogP contribution is -2.21. The van der Waals surface area contributed by atoms with Crippen molar-refractivity contribution in [3.8, 4) is 0 Å². The van der Waals surface area contributed by atoms with Crippen molar-refractivity contribution in [3.63, 3.8) is 0 Å². The van der Waals surface area contributed by atoms with Gasteiger partial charge in [-0.1, -0.05) is 36.4 Å². The molecule has 1 aromatic heterocycles. The molecule has 2 heterocycles. The van der Waals surface area contributed by atoms with Crippen LogP contribution in [0.25, 0.3) is 17.0 Å². The topological polar surface area (TPSA) is 63.9 Å². The minimum absolute atomic E-state index is 0.0793. The van der Waals surface area contributed by atoms with Gasteiger partial charge in [-0.3, -0.25) is 9.59 Å². The van der Waals surface area contributed by atoms with Gasteiger partial charge >= 0.3 is 5.97 Å². The Bertz CT molecular complexity index is 1170. The van der Waals surface area contributed by atoms with E-state index in [4.69, 9.17) is 4.74 Å². The molecule has 2 aromatic carbocycles. The number of anilines is 1. The predicted octanol–water partition coefficient (Wildman–Crippen LogP) is 4.57. The Labute approximate surface area is 175 Å². The third-order valence-corrected chi connectivity index (χ3v) is 5.30. The number of carbonyl (C=O) groups excluding carboxylic acids is 2. The summed E-state index contributed by atoms with van der Waals surface area (Å²) in [5.41, 5.74) is 3.88. The molecule has 0 bridgehead atoms. The minimum atomic E-state index is -0.257. The van der Waals surface area contributed by atoms with Crippen LogP contribution in [0.3, 0.4) is 0 Å². The molecule has 0 aliphatic carbocycles. The maximum Gasteiger partial charge on any atom is 0.307 e. The molecule has 0 radical (unpaired) electrons. The van der Waals surface area contributed by atoms with Crippen LogP contribution in [0.4, 0.5) is 5.69 Å². The van der Waals surface area contributed by atoms with Crippen LogP contribution >= 0.6 is 0 Å². The van der Waals surface area contributed by atoms with Crippen molar-refractivity contribution >= 4 is 40.3 Å². The number of para-hydroxylation sites is 2. The maximum absolute atomic E-state index is 13.1. The number of rotatable bonds is 5. The number of benzene rings is 2. The number of nitrogens with zero attached hydrogens (tertiary/aromatic N) is 3. The highest BCUT2D eigenvalue weighted by atomic mass is 16.5. The van der Waals surface area contributed by atoms with Gasteiger partial charge in [0.2, 0.25) is 0 Å². The van der Waals surface area contributed by atoms with E-state index in [1.165, 1.54) is 12.1 Å². The standard InChI is InChI=1S/C24H23N3O3/c1-16(13-23(28)30-3)26-15-18(20-11-7-8-12-22(20)26)14-21-17(2)25-27(24(21)29)19-9-5-4-6-10-19/h4-12,14-16H,13H2,1-3H3/b21-14-. The van der Waals surface area contributed by atoms with Gasteiger partial charge in [-0.15, -0.1) is 0 Å². The van der Waals surface area contributed by atoms with Crippen molar-refractivity contribution < 1.29 is 14.3 Å². The van der Waals surface area contributed by atoms with Crippen LogP contribution in [-0.4, -0.2) is 29.3 Å². The molecule has 0 fully saturated rings. The Morgan fingerprint density at radius 3 is 2.57 bits per heavy atom. The van der Waals surface area contributed by atoms with Crippen molar-refractivity contribution in [1.29, 1.82) is 0 Å². The monoisotopic (exact) mass is 401 g/mol. The van der Waals surface area contributed by atoms with E-state index in [0.717, 1.165) is 22.2 Å². The van der Waals surface area contributed by atoms with E-state index in [2.05, 4.69) is 9.67 Å². The zero-order chi connectivity index (χ0) is 21.3. The summed E-state index contributed by atoms with van der Waals surface area (Å²) in [4.78, 5) is 24.8. The summed E-state index contributed by atoms with van der Waals surface area (Å²) in [6.45, 7) is 3.82. The van der Waals surface area contributed by atoms with Gasteiger partial charge in [0.25, 0.3) is 5.91 Å². The average molecular weight is 401 g/mol. The Kier molecular flexibility index (Phi) is 5.23. The molecular formula is C24H23N3O3. The average Bonchev–Trinajstić information content (AvgIpc) is 3.27. The quantitative estimate of drug-likeness (QED) is 0.465. The molecule has 1 unspecified atom stereocenters. The second-order valence-corrected chi connectivity index (χ2v) is 7.33. The number of methoxy groups -OCH3 is 1. The highest BCUT2D eigenvalue weighted by molar-refractivity contribution is 6.32. The molecule has 0 spiro atoms. The fourth-order valence-electron chi connectivity index (χ4n) is 3.72. The molecule has 4 rings (SSSR count). The third-order valence-electron chi connectivity index (χ3n) is 5.30. The number of carbonyl (C=O) groups is 2. The van der Waals surface area contributed by atoms with E-state index >= 15 is 0 Å². The molecule has 0 N–H and O–H groups in total. The highest BCUT2D eigenvalue weighted by Gasteiger charge is 2.29. The summed E-state index contributed by atoms with van der Waals surface area (Å²) < 4.78 is 6.88. The lowest BCUT2D eigenvalue weighted by molar-refractivity contribution is -0.141. The highest BCUT2D eigenvalue weighted by Crippen LogP contribution is 2.30. The fourth-order valence-corrected chi connectivity index (χ4v) is 3.72. The molecule has 6 heteroatoms. The van der Waals surface area contributed by atoms with Gasteiger partial charge in [-0.2, -0.15) is 10.1 Å². The molecule has 1 amide bonds. The Morgan fingerprint density at radius 1 is 1.13 bits per heavy atom. The molecular weight excluding hydrogens is 378 g/mol. The SMILES string of the molecule is COC(=O)CC(C)n1cc(/C=C2\C(=O)N(c3ccccc3)N=C2C)c2ccccc21. The van der Waals surface area contributed by atoms with Crippen molar-refractivity contribution in [2.24, 2.45) is 5.10 Å². The van der Waals surface area contributed by atoms with Crippen LogP contribution in [-0.2, 0) is 14.3 Å². The van der Waals surface area contributed by atoms with Crippen LogP contribution in [0.15, 0.2) is 71.5 Å². The van der Waals surface area contributed by atoms with Crippen molar-refractivity contribution in [2.75, 3.05) is 12.1 Å². The van der Waals surface area contributed by atoms with E-state index in [1.807, 2.05) is 80.7 Å². The number of esters is 1. The molecule has 1 aliphatic heterocycles. The first kappa shape index (κ1) is 19.6. The van der Waals surface area contributed by atoms with Gasteiger partial charge in [0.15, 0.2) is 0 Å². The largest absolute Gasteiger partial charge is 0.469 e.